The summed E-state index contributed by atoms with van der Waals surface area (Å²) in [6.07, 6.45) is 18.4. The quantitative estimate of drug-likeness (QED) is 0.219. The molecule has 4 heteroatoms. The lowest BCUT2D eigenvalue weighted by molar-refractivity contribution is 0.458. The zero-order chi connectivity index (χ0) is 19.8. The fraction of sp³-hybridized carbons (Fsp3) is 0.739. The molecule has 0 saturated carbocycles. The Hall–Kier alpha value is -0.870. The van der Waals surface area contributed by atoms with E-state index < -0.39 is 15.4 Å². The van der Waals surface area contributed by atoms with Crippen LogP contribution in [0.5, 0.6) is 0 Å². The lowest BCUT2D eigenvalue weighted by atomic mass is 10.0. The Labute approximate surface area is 167 Å². The molecule has 1 N–H and O–H groups in total. The first kappa shape index (κ1) is 24.2. The van der Waals surface area contributed by atoms with Crippen molar-refractivity contribution in [2.45, 2.75) is 108 Å². The predicted octanol–water partition coefficient (Wildman–Crippen LogP) is 7.49. The van der Waals surface area contributed by atoms with Gasteiger partial charge in [-0.05, 0) is 12.0 Å². The summed E-state index contributed by atoms with van der Waals surface area (Å²) in [6, 6.07) is 9.05. The van der Waals surface area contributed by atoms with Crippen molar-refractivity contribution in [3.05, 3.63) is 35.9 Å². The number of hydrogen-bond donors (Lipinski definition) is 1. The molecule has 0 saturated heterocycles. The van der Waals surface area contributed by atoms with Crippen LogP contribution in [0.15, 0.2) is 30.3 Å². The molecule has 1 atom stereocenters. The van der Waals surface area contributed by atoms with Crippen molar-refractivity contribution < 1.29 is 13.0 Å². The van der Waals surface area contributed by atoms with Crippen LogP contribution in [0.2, 0.25) is 0 Å². The molecule has 1 aromatic carbocycles. The third-order valence-electron chi connectivity index (χ3n) is 5.35. The van der Waals surface area contributed by atoms with Crippen LogP contribution >= 0.6 is 0 Å². The van der Waals surface area contributed by atoms with Crippen molar-refractivity contribution in [3.8, 4) is 0 Å². The first-order chi connectivity index (χ1) is 13.1. The Morgan fingerprint density at radius 1 is 0.704 bits per heavy atom. The molecule has 0 aliphatic rings. The molecular weight excluding hydrogens is 356 g/mol. The van der Waals surface area contributed by atoms with E-state index in [4.69, 9.17) is 0 Å². The average Bonchev–Trinajstić information content (AvgIpc) is 2.64. The second-order valence-electron chi connectivity index (χ2n) is 7.80. The Morgan fingerprint density at radius 2 is 1.11 bits per heavy atom. The molecule has 0 spiro atoms. The van der Waals surface area contributed by atoms with Crippen molar-refractivity contribution >= 4 is 10.1 Å². The second-order valence-corrected chi connectivity index (χ2v) is 9.40. The summed E-state index contributed by atoms with van der Waals surface area (Å²) in [4.78, 5) is 0. The van der Waals surface area contributed by atoms with Crippen molar-refractivity contribution in [2.75, 3.05) is 0 Å². The Kier molecular flexibility index (Phi) is 13.5. The van der Waals surface area contributed by atoms with Crippen molar-refractivity contribution in [1.82, 2.24) is 0 Å². The highest BCUT2D eigenvalue weighted by Crippen LogP contribution is 2.27. The number of unbranched alkanes of at least 4 members (excludes halogenated alkanes) is 13. The van der Waals surface area contributed by atoms with E-state index in [0.29, 0.717) is 12.0 Å². The first-order valence-electron chi connectivity index (χ1n) is 11.1. The molecular formula is C23H40O3S. The minimum Gasteiger partial charge on any atom is -0.285 e. The fourth-order valence-electron chi connectivity index (χ4n) is 3.68. The van der Waals surface area contributed by atoms with E-state index in [1.165, 1.54) is 70.6 Å². The van der Waals surface area contributed by atoms with Gasteiger partial charge < -0.3 is 0 Å². The van der Waals surface area contributed by atoms with E-state index in [1.54, 1.807) is 12.1 Å². The standard InChI is InChI=1S/C23H40O3S/c1-2-3-4-5-6-7-8-9-10-11-12-13-14-18-21-23(27(24,25)26)22-19-16-15-17-20-22/h15-17,19-20,23H,2-14,18,21H2,1H3,(H,24,25,26). The van der Waals surface area contributed by atoms with Gasteiger partial charge >= 0.3 is 0 Å². The number of benzene rings is 1. The highest BCUT2D eigenvalue weighted by atomic mass is 32.2. The summed E-state index contributed by atoms with van der Waals surface area (Å²) >= 11 is 0. The lowest BCUT2D eigenvalue weighted by Crippen LogP contribution is -2.12. The van der Waals surface area contributed by atoms with Gasteiger partial charge in [0.05, 0.1) is 0 Å². The fourth-order valence-corrected chi connectivity index (χ4v) is 4.65. The molecule has 0 aromatic heterocycles. The van der Waals surface area contributed by atoms with Gasteiger partial charge in [0.25, 0.3) is 10.1 Å². The second kappa shape index (κ2) is 15.1. The average molecular weight is 397 g/mol. The van der Waals surface area contributed by atoms with Crippen molar-refractivity contribution in [1.29, 1.82) is 0 Å². The molecule has 0 amide bonds. The Morgan fingerprint density at radius 3 is 1.52 bits per heavy atom. The molecule has 0 bridgehead atoms. The van der Waals surface area contributed by atoms with Crippen LogP contribution in [-0.2, 0) is 10.1 Å². The summed E-state index contributed by atoms with van der Waals surface area (Å²) in [5, 5.41) is -0.781. The van der Waals surface area contributed by atoms with E-state index in [9.17, 15) is 13.0 Å². The normalized spacial score (nSPS) is 13.0. The topological polar surface area (TPSA) is 54.4 Å². The molecule has 156 valence electrons. The SMILES string of the molecule is CCCCCCCCCCCCCCCCC(c1ccccc1)S(=O)(=O)O. The van der Waals surface area contributed by atoms with Crippen LogP contribution in [-0.4, -0.2) is 13.0 Å². The van der Waals surface area contributed by atoms with E-state index in [2.05, 4.69) is 6.92 Å². The summed E-state index contributed by atoms with van der Waals surface area (Å²) in [5.74, 6) is 0. The van der Waals surface area contributed by atoms with E-state index >= 15 is 0 Å². The highest BCUT2D eigenvalue weighted by Gasteiger charge is 2.24. The molecule has 1 unspecified atom stereocenters. The maximum absolute atomic E-state index is 11.7. The Bertz CT molecular complexity index is 554. The van der Waals surface area contributed by atoms with Crippen LogP contribution in [0.1, 0.15) is 114 Å². The molecule has 1 aromatic rings. The van der Waals surface area contributed by atoms with Crippen LogP contribution in [0.4, 0.5) is 0 Å². The van der Waals surface area contributed by atoms with Gasteiger partial charge in [0, 0.05) is 0 Å². The van der Waals surface area contributed by atoms with E-state index in [0.717, 1.165) is 19.3 Å². The van der Waals surface area contributed by atoms with Gasteiger partial charge in [-0.3, -0.25) is 4.55 Å². The van der Waals surface area contributed by atoms with Gasteiger partial charge in [0.15, 0.2) is 0 Å². The monoisotopic (exact) mass is 396 g/mol. The van der Waals surface area contributed by atoms with Crippen LogP contribution in [0, 0.1) is 0 Å². The maximum Gasteiger partial charge on any atom is 0.271 e. The number of hydrogen-bond acceptors (Lipinski definition) is 2. The Balaban J connectivity index is 2.01. The van der Waals surface area contributed by atoms with Crippen molar-refractivity contribution in [3.63, 3.8) is 0 Å². The van der Waals surface area contributed by atoms with Crippen molar-refractivity contribution in [2.24, 2.45) is 0 Å². The maximum atomic E-state index is 11.7. The van der Waals surface area contributed by atoms with Gasteiger partial charge in [-0.15, -0.1) is 0 Å². The summed E-state index contributed by atoms with van der Waals surface area (Å²) in [5.41, 5.74) is 0.690. The summed E-state index contributed by atoms with van der Waals surface area (Å²) in [7, 11) is -4.04. The largest absolute Gasteiger partial charge is 0.285 e. The van der Waals surface area contributed by atoms with Crippen LogP contribution in [0.25, 0.3) is 0 Å². The zero-order valence-electron chi connectivity index (χ0n) is 17.2. The summed E-state index contributed by atoms with van der Waals surface area (Å²) < 4.78 is 32.8. The van der Waals surface area contributed by atoms with Gasteiger partial charge in [-0.25, -0.2) is 0 Å². The molecule has 0 aliphatic heterocycles. The first-order valence-corrected chi connectivity index (χ1v) is 12.6. The summed E-state index contributed by atoms with van der Waals surface area (Å²) in [6.45, 7) is 2.26. The van der Waals surface area contributed by atoms with Crippen LogP contribution < -0.4 is 0 Å². The van der Waals surface area contributed by atoms with Gasteiger partial charge in [-0.1, -0.05) is 127 Å². The molecule has 0 radical (unpaired) electrons. The third-order valence-corrected chi connectivity index (χ3v) is 6.58. The zero-order valence-corrected chi connectivity index (χ0v) is 18.1. The van der Waals surface area contributed by atoms with Gasteiger partial charge in [0.1, 0.15) is 5.25 Å². The third kappa shape index (κ3) is 12.2. The van der Waals surface area contributed by atoms with E-state index in [-0.39, 0.29) is 0 Å². The molecule has 0 heterocycles. The molecule has 1 rings (SSSR count). The lowest BCUT2D eigenvalue weighted by Gasteiger charge is -2.14. The van der Waals surface area contributed by atoms with E-state index in [1.807, 2.05) is 18.2 Å². The number of rotatable bonds is 17. The molecule has 0 fully saturated rings. The minimum atomic E-state index is -4.04. The molecule has 27 heavy (non-hydrogen) atoms. The highest BCUT2D eigenvalue weighted by molar-refractivity contribution is 7.86. The minimum absolute atomic E-state index is 0.501. The van der Waals surface area contributed by atoms with Crippen LogP contribution in [0.3, 0.4) is 0 Å². The molecule has 0 aliphatic carbocycles. The van der Waals surface area contributed by atoms with Gasteiger partial charge in [-0.2, -0.15) is 8.42 Å². The molecule has 3 nitrogen and oxygen atoms in total. The smallest absolute Gasteiger partial charge is 0.271 e. The van der Waals surface area contributed by atoms with Gasteiger partial charge in [0.2, 0.25) is 0 Å². The predicted molar refractivity (Wildman–Crippen MR) is 116 cm³/mol.